The second kappa shape index (κ2) is 3.92. The molecular weight excluding hydrogens is 232 g/mol. The Hall–Kier alpha value is -2.15. The second-order valence-electron chi connectivity index (χ2n) is 5.25. The highest BCUT2D eigenvalue weighted by Crippen LogP contribution is 2.37. The van der Waals surface area contributed by atoms with Gasteiger partial charge in [-0.3, -0.25) is 4.79 Å². The highest BCUT2D eigenvalue weighted by atomic mass is 16.1. The van der Waals surface area contributed by atoms with Crippen LogP contribution >= 0.6 is 0 Å². The minimum Gasteiger partial charge on any atom is -0.294 e. The molecule has 1 heteroatoms. The van der Waals surface area contributed by atoms with Gasteiger partial charge in [-0.1, -0.05) is 48.6 Å². The Morgan fingerprint density at radius 2 is 1.53 bits per heavy atom. The number of hydrogen-bond acceptors (Lipinski definition) is 1. The molecule has 0 saturated carbocycles. The van der Waals surface area contributed by atoms with E-state index in [2.05, 4.69) is 30.4 Å². The van der Waals surface area contributed by atoms with E-state index in [1.807, 2.05) is 18.2 Å². The van der Waals surface area contributed by atoms with E-state index in [1.54, 1.807) is 0 Å². The van der Waals surface area contributed by atoms with E-state index in [0.29, 0.717) is 6.42 Å². The summed E-state index contributed by atoms with van der Waals surface area (Å²) in [6.07, 6.45) is 6.96. The Kier molecular flexibility index (Phi) is 2.22. The van der Waals surface area contributed by atoms with Crippen LogP contribution in [-0.4, -0.2) is 5.78 Å². The lowest BCUT2D eigenvalue weighted by Gasteiger charge is -2.24. The molecule has 2 aliphatic carbocycles. The molecule has 0 amide bonds. The molecule has 0 aliphatic heterocycles. The van der Waals surface area contributed by atoms with Crippen LogP contribution in [0.15, 0.2) is 48.6 Å². The first-order chi connectivity index (χ1) is 9.34. The molecule has 4 rings (SSSR count). The number of fused-ring (bicyclic) bond motifs is 5. The Bertz CT molecular complexity index is 722. The Balaban J connectivity index is 2.01. The molecule has 0 fully saturated rings. The monoisotopic (exact) mass is 246 g/mol. The molecule has 0 atom stereocenters. The molecule has 0 saturated heterocycles. The number of benzene rings is 2. The summed E-state index contributed by atoms with van der Waals surface area (Å²) in [5.74, 6) is 0.256. The quantitative estimate of drug-likeness (QED) is 0.647. The molecule has 2 aromatic rings. The second-order valence-corrected chi connectivity index (χ2v) is 5.25. The van der Waals surface area contributed by atoms with E-state index in [4.69, 9.17) is 0 Å². The number of hydrogen-bond donors (Lipinski definition) is 0. The van der Waals surface area contributed by atoms with Crippen molar-refractivity contribution in [1.82, 2.24) is 0 Å². The average molecular weight is 246 g/mol. The van der Waals surface area contributed by atoms with Crippen LogP contribution in [0, 0.1) is 0 Å². The Morgan fingerprint density at radius 3 is 2.42 bits per heavy atom. The third-order valence-electron chi connectivity index (χ3n) is 4.21. The van der Waals surface area contributed by atoms with Gasteiger partial charge >= 0.3 is 0 Å². The molecule has 1 nitrogen and oxygen atoms in total. The Morgan fingerprint density at radius 1 is 0.737 bits per heavy atom. The van der Waals surface area contributed by atoms with Crippen molar-refractivity contribution in [3.63, 3.8) is 0 Å². The van der Waals surface area contributed by atoms with Crippen LogP contribution in [0.5, 0.6) is 0 Å². The van der Waals surface area contributed by atoms with Crippen molar-refractivity contribution in [3.05, 3.63) is 70.8 Å². The van der Waals surface area contributed by atoms with E-state index >= 15 is 0 Å². The van der Waals surface area contributed by atoms with Crippen molar-refractivity contribution in [1.29, 1.82) is 0 Å². The molecule has 0 aromatic heterocycles. The van der Waals surface area contributed by atoms with Crippen molar-refractivity contribution < 1.29 is 4.79 Å². The van der Waals surface area contributed by atoms with Crippen LogP contribution in [0.1, 0.15) is 27.0 Å². The van der Waals surface area contributed by atoms with Gasteiger partial charge in [-0.15, -0.1) is 0 Å². The van der Waals surface area contributed by atoms with E-state index in [0.717, 1.165) is 24.0 Å². The summed E-state index contributed by atoms with van der Waals surface area (Å²) in [4.78, 5) is 12.3. The highest BCUT2D eigenvalue weighted by Gasteiger charge is 2.25. The molecule has 0 N–H and O–H groups in total. The molecule has 19 heavy (non-hydrogen) atoms. The van der Waals surface area contributed by atoms with Gasteiger partial charge in [0.2, 0.25) is 0 Å². The fourth-order valence-electron chi connectivity index (χ4n) is 3.27. The number of ketones is 1. The lowest BCUT2D eigenvalue weighted by atomic mass is 9.79. The fraction of sp³-hybridized carbons (Fsp3) is 0.167. The minimum atomic E-state index is 0.256. The molecular formula is C18H14O. The standard InChI is InChI=1S/C18H14O/c19-18-11-17-13-6-2-1-5-12(13)9-10-15(17)14-7-3-4-8-16(14)18/h1-4,7-10H,5-6,11H2. The summed E-state index contributed by atoms with van der Waals surface area (Å²) in [6, 6.07) is 12.4. The zero-order valence-corrected chi connectivity index (χ0v) is 10.6. The van der Waals surface area contributed by atoms with Gasteiger partial charge in [-0.2, -0.15) is 0 Å². The van der Waals surface area contributed by atoms with Gasteiger partial charge in [0.1, 0.15) is 0 Å². The van der Waals surface area contributed by atoms with Gasteiger partial charge in [0.05, 0.1) is 0 Å². The summed E-state index contributed by atoms with van der Waals surface area (Å²) in [5.41, 5.74) is 7.25. The first kappa shape index (κ1) is 10.7. The van der Waals surface area contributed by atoms with Crippen molar-refractivity contribution in [2.24, 2.45) is 0 Å². The van der Waals surface area contributed by atoms with E-state index in [1.165, 1.54) is 22.3 Å². The van der Waals surface area contributed by atoms with Crippen molar-refractivity contribution in [2.45, 2.75) is 19.3 Å². The summed E-state index contributed by atoms with van der Waals surface area (Å²) in [5, 5.41) is 0. The minimum absolute atomic E-state index is 0.256. The molecule has 2 aliphatic rings. The maximum Gasteiger partial charge on any atom is 0.167 e. The largest absolute Gasteiger partial charge is 0.294 e. The van der Waals surface area contributed by atoms with Crippen LogP contribution in [0.3, 0.4) is 0 Å². The number of Topliss-reactive ketones (excluding diaryl/α,β-unsaturated/α-hetero) is 1. The maximum absolute atomic E-state index is 12.3. The SMILES string of the molecule is O=C1Cc2c(ccc3c2CC=CC3)-c2ccccc21. The zero-order valence-electron chi connectivity index (χ0n) is 10.6. The number of carbonyl (C=O) groups excluding carboxylic acids is 1. The molecule has 0 heterocycles. The van der Waals surface area contributed by atoms with Crippen LogP contribution in [0.2, 0.25) is 0 Å². The predicted octanol–water partition coefficient (Wildman–Crippen LogP) is 3.75. The first-order valence-corrected chi connectivity index (χ1v) is 6.76. The van der Waals surface area contributed by atoms with Gasteiger partial charge < -0.3 is 0 Å². The van der Waals surface area contributed by atoms with Gasteiger partial charge in [0.15, 0.2) is 5.78 Å². The summed E-state index contributed by atoms with van der Waals surface area (Å²) >= 11 is 0. The normalized spacial score (nSPS) is 15.7. The molecule has 0 bridgehead atoms. The molecule has 0 unspecified atom stereocenters. The topological polar surface area (TPSA) is 17.1 Å². The molecule has 0 radical (unpaired) electrons. The lowest BCUT2D eigenvalue weighted by molar-refractivity contribution is 0.0991. The van der Waals surface area contributed by atoms with Crippen molar-refractivity contribution in [2.75, 3.05) is 0 Å². The highest BCUT2D eigenvalue weighted by molar-refractivity contribution is 6.07. The van der Waals surface area contributed by atoms with Crippen LogP contribution < -0.4 is 0 Å². The van der Waals surface area contributed by atoms with Crippen LogP contribution in [0.4, 0.5) is 0 Å². The van der Waals surface area contributed by atoms with Crippen LogP contribution in [-0.2, 0) is 19.3 Å². The fourth-order valence-corrected chi connectivity index (χ4v) is 3.27. The van der Waals surface area contributed by atoms with E-state index < -0.39 is 0 Å². The summed E-state index contributed by atoms with van der Waals surface area (Å²) in [7, 11) is 0. The van der Waals surface area contributed by atoms with Crippen molar-refractivity contribution >= 4 is 5.78 Å². The third-order valence-corrected chi connectivity index (χ3v) is 4.21. The molecule has 0 spiro atoms. The average Bonchev–Trinajstić information content (AvgIpc) is 2.47. The van der Waals surface area contributed by atoms with Gasteiger partial charge in [-0.05, 0) is 40.7 Å². The van der Waals surface area contributed by atoms with Crippen LogP contribution in [0.25, 0.3) is 11.1 Å². The lowest BCUT2D eigenvalue weighted by Crippen LogP contribution is -2.16. The van der Waals surface area contributed by atoms with E-state index in [-0.39, 0.29) is 5.78 Å². The van der Waals surface area contributed by atoms with Gasteiger partial charge in [0, 0.05) is 12.0 Å². The predicted molar refractivity (Wildman–Crippen MR) is 76.5 cm³/mol. The van der Waals surface area contributed by atoms with Crippen molar-refractivity contribution in [3.8, 4) is 11.1 Å². The first-order valence-electron chi connectivity index (χ1n) is 6.76. The third kappa shape index (κ3) is 1.51. The zero-order chi connectivity index (χ0) is 12.8. The maximum atomic E-state index is 12.3. The van der Waals surface area contributed by atoms with E-state index in [9.17, 15) is 4.79 Å². The van der Waals surface area contributed by atoms with Gasteiger partial charge in [-0.25, -0.2) is 0 Å². The van der Waals surface area contributed by atoms with Gasteiger partial charge in [0.25, 0.3) is 0 Å². The molecule has 92 valence electrons. The Labute approximate surface area is 112 Å². The molecule has 2 aromatic carbocycles. The smallest absolute Gasteiger partial charge is 0.167 e. The number of rotatable bonds is 0. The number of allylic oxidation sites excluding steroid dienone is 2. The number of carbonyl (C=O) groups is 1. The summed E-state index contributed by atoms with van der Waals surface area (Å²) < 4.78 is 0. The summed E-state index contributed by atoms with van der Waals surface area (Å²) in [6.45, 7) is 0.